The second-order valence-corrected chi connectivity index (χ2v) is 7.37. The van der Waals surface area contributed by atoms with Crippen LogP contribution in [0.2, 0.25) is 0 Å². The molecule has 1 aromatic carbocycles. The molecule has 154 valence electrons. The molecule has 0 saturated carbocycles. The van der Waals surface area contributed by atoms with Crippen molar-refractivity contribution in [2.24, 2.45) is 5.92 Å². The predicted octanol–water partition coefficient (Wildman–Crippen LogP) is 6.60. The third kappa shape index (κ3) is 4.40. The van der Waals surface area contributed by atoms with E-state index in [0.29, 0.717) is 30.1 Å². The zero-order valence-electron chi connectivity index (χ0n) is 16.6. The summed E-state index contributed by atoms with van der Waals surface area (Å²) in [4.78, 5) is 0. The zero-order chi connectivity index (χ0) is 21.1. The first-order valence-corrected chi connectivity index (χ1v) is 9.72. The Morgan fingerprint density at radius 2 is 2.03 bits per heavy atom. The molecule has 0 N–H and O–H groups in total. The van der Waals surface area contributed by atoms with Gasteiger partial charge in [-0.25, -0.2) is 8.78 Å². The molecule has 0 spiro atoms. The van der Waals surface area contributed by atoms with Gasteiger partial charge in [-0.2, -0.15) is 4.39 Å². The van der Waals surface area contributed by atoms with Crippen molar-refractivity contribution in [3.05, 3.63) is 83.4 Å². The molecule has 0 aromatic heterocycles. The summed E-state index contributed by atoms with van der Waals surface area (Å²) < 4.78 is 54.8. The second kappa shape index (κ2) is 8.87. The Morgan fingerprint density at radius 1 is 1.28 bits per heavy atom. The van der Waals surface area contributed by atoms with Crippen LogP contribution < -0.4 is 4.74 Å². The summed E-state index contributed by atoms with van der Waals surface area (Å²) in [6.07, 6.45) is 7.23. The number of ether oxygens (including phenoxy) is 2. The minimum absolute atomic E-state index is 0.0953. The third-order valence-corrected chi connectivity index (χ3v) is 5.30. The van der Waals surface area contributed by atoms with Crippen molar-refractivity contribution < 1.29 is 22.6 Å². The van der Waals surface area contributed by atoms with E-state index in [-0.39, 0.29) is 35.2 Å². The average Bonchev–Trinajstić information content (AvgIpc) is 2.74. The Labute approximate surface area is 169 Å². The topological polar surface area (TPSA) is 18.5 Å². The van der Waals surface area contributed by atoms with Gasteiger partial charge >= 0.3 is 0 Å². The van der Waals surface area contributed by atoms with Gasteiger partial charge in [-0.3, -0.25) is 0 Å². The van der Waals surface area contributed by atoms with E-state index in [9.17, 15) is 13.2 Å². The number of rotatable bonds is 5. The van der Waals surface area contributed by atoms with Gasteiger partial charge in [0, 0.05) is 23.5 Å². The van der Waals surface area contributed by atoms with Gasteiger partial charge in [-0.1, -0.05) is 38.3 Å². The molecule has 5 heteroatoms. The van der Waals surface area contributed by atoms with Gasteiger partial charge in [0.15, 0.2) is 23.2 Å². The Balaban J connectivity index is 1.86. The largest absolute Gasteiger partial charge is 0.450 e. The molecule has 2 unspecified atom stereocenters. The van der Waals surface area contributed by atoms with Crippen LogP contribution in [0, 0.1) is 17.6 Å². The predicted molar refractivity (Wildman–Crippen MR) is 109 cm³/mol. The van der Waals surface area contributed by atoms with Crippen LogP contribution in [0.4, 0.5) is 13.2 Å². The first kappa shape index (κ1) is 21.2. The summed E-state index contributed by atoms with van der Waals surface area (Å²) in [5, 5.41) is 0. The van der Waals surface area contributed by atoms with E-state index in [4.69, 9.17) is 9.47 Å². The van der Waals surface area contributed by atoms with Crippen molar-refractivity contribution in [2.75, 3.05) is 6.61 Å². The smallest absolute Gasteiger partial charge is 0.202 e. The molecular formula is C24H25F3O2. The maximum absolute atomic E-state index is 14.7. The van der Waals surface area contributed by atoms with Crippen LogP contribution in [0.25, 0.3) is 6.08 Å². The monoisotopic (exact) mass is 402 g/mol. The minimum Gasteiger partial charge on any atom is -0.450 e. The fourth-order valence-electron chi connectivity index (χ4n) is 3.39. The van der Waals surface area contributed by atoms with Gasteiger partial charge in [0.25, 0.3) is 0 Å². The summed E-state index contributed by atoms with van der Waals surface area (Å²) in [7, 11) is 0. The van der Waals surface area contributed by atoms with Crippen LogP contribution in [0.5, 0.6) is 5.75 Å². The summed E-state index contributed by atoms with van der Waals surface area (Å²) in [6.45, 7) is 13.5. The van der Waals surface area contributed by atoms with E-state index in [1.807, 2.05) is 6.08 Å². The van der Waals surface area contributed by atoms with Crippen LogP contribution in [-0.4, -0.2) is 12.7 Å². The number of hydrogen-bond donors (Lipinski definition) is 0. The summed E-state index contributed by atoms with van der Waals surface area (Å²) in [5.41, 5.74) is 1.09. The highest BCUT2D eigenvalue weighted by Gasteiger charge is 2.28. The Hall–Kier alpha value is -2.53. The number of fused-ring (bicyclic) bond motifs is 1. The first-order valence-electron chi connectivity index (χ1n) is 9.72. The number of hydrogen-bond acceptors (Lipinski definition) is 2. The van der Waals surface area contributed by atoms with Crippen molar-refractivity contribution in [3.63, 3.8) is 0 Å². The molecule has 29 heavy (non-hydrogen) atoms. The fourth-order valence-corrected chi connectivity index (χ4v) is 3.39. The lowest BCUT2D eigenvalue weighted by Crippen LogP contribution is -2.23. The molecule has 0 amide bonds. The van der Waals surface area contributed by atoms with Gasteiger partial charge < -0.3 is 9.47 Å². The maximum Gasteiger partial charge on any atom is 0.202 e. The molecule has 3 rings (SSSR count). The van der Waals surface area contributed by atoms with E-state index in [1.165, 1.54) is 12.1 Å². The molecule has 0 aliphatic carbocycles. The summed E-state index contributed by atoms with van der Waals surface area (Å²) in [6, 6.07) is 1.51. The summed E-state index contributed by atoms with van der Waals surface area (Å²) in [5.74, 6) is -3.02. The van der Waals surface area contributed by atoms with E-state index < -0.39 is 17.5 Å². The van der Waals surface area contributed by atoms with E-state index in [0.717, 1.165) is 12.8 Å². The highest BCUT2D eigenvalue weighted by molar-refractivity contribution is 5.59. The van der Waals surface area contributed by atoms with Crippen LogP contribution in [0.15, 0.2) is 60.7 Å². The third-order valence-electron chi connectivity index (χ3n) is 5.30. The molecule has 2 aliphatic heterocycles. The van der Waals surface area contributed by atoms with E-state index >= 15 is 0 Å². The highest BCUT2D eigenvalue weighted by Crippen LogP contribution is 2.39. The van der Waals surface area contributed by atoms with Crippen molar-refractivity contribution in [1.82, 2.24) is 0 Å². The Bertz CT molecular complexity index is 903. The van der Waals surface area contributed by atoms with Crippen molar-refractivity contribution in [2.45, 2.75) is 38.7 Å². The lowest BCUT2D eigenvalue weighted by molar-refractivity contribution is 0.0250. The number of allylic oxidation sites excluding steroid dienone is 3. The molecule has 2 heterocycles. The molecule has 2 nitrogen and oxygen atoms in total. The molecule has 0 radical (unpaired) electrons. The average molecular weight is 402 g/mol. The van der Waals surface area contributed by atoms with E-state index in [1.54, 1.807) is 13.0 Å². The fraction of sp³-hybridized carbons (Fsp3) is 0.333. The van der Waals surface area contributed by atoms with E-state index in [2.05, 4.69) is 19.7 Å². The maximum atomic E-state index is 14.7. The normalized spacial score (nSPS) is 23.5. The van der Waals surface area contributed by atoms with Crippen LogP contribution in [-0.2, 0) is 11.2 Å². The molecule has 1 saturated heterocycles. The first-order chi connectivity index (χ1) is 13.8. The zero-order valence-corrected chi connectivity index (χ0v) is 16.6. The van der Waals surface area contributed by atoms with Gasteiger partial charge in [0.1, 0.15) is 0 Å². The van der Waals surface area contributed by atoms with Crippen molar-refractivity contribution in [1.29, 1.82) is 0 Å². The van der Waals surface area contributed by atoms with Gasteiger partial charge in [0.2, 0.25) is 5.82 Å². The minimum atomic E-state index is -1.14. The highest BCUT2D eigenvalue weighted by atomic mass is 19.2. The molecule has 0 bridgehead atoms. The van der Waals surface area contributed by atoms with Gasteiger partial charge in [0.05, 0.1) is 12.7 Å². The van der Waals surface area contributed by atoms with Crippen molar-refractivity contribution in [3.8, 4) is 5.75 Å². The molecule has 2 atom stereocenters. The second-order valence-electron chi connectivity index (χ2n) is 7.37. The molecule has 2 aliphatic rings. The lowest BCUT2D eigenvalue weighted by Gasteiger charge is -2.25. The van der Waals surface area contributed by atoms with Crippen LogP contribution in [0.3, 0.4) is 0 Å². The van der Waals surface area contributed by atoms with Crippen molar-refractivity contribution >= 4 is 6.08 Å². The quantitative estimate of drug-likeness (QED) is 0.517. The van der Waals surface area contributed by atoms with Crippen LogP contribution in [0.1, 0.15) is 37.3 Å². The molecule has 1 fully saturated rings. The Morgan fingerprint density at radius 3 is 2.66 bits per heavy atom. The molecular weight excluding hydrogens is 377 g/mol. The number of halogens is 3. The number of benzene rings is 1. The molecule has 1 aromatic rings. The van der Waals surface area contributed by atoms with Gasteiger partial charge in [-0.15, -0.1) is 6.58 Å². The lowest BCUT2D eigenvalue weighted by atomic mass is 9.95. The van der Waals surface area contributed by atoms with Crippen LogP contribution >= 0.6 is 0 Å². The van der Waals surface area contributed by atoms with Gasteiger partial charge in [-0.05, 0) is 36.5 Å². The summed E-state index contributed by atoms with van der Waals surface area (Å²) >= 11 is 0. The Kier molecular flexibility index (Phi) is 6.48. The SMILES string of the molecule is C=CC1CCC(/C=C/c2cc3c(c(F)c2F)O/C(=C(\F)C(=C)CC)C(=C)C3)OC1. The standard InChI is InChI=1S/C24H25F3O2/c1-5-14(3)20(25)23-15(4)11-18-12-17(21(26)22(27)24(18)29-23)8-10-19-9-7-16(6-2)13-28-19/h6,8,10,12,16,19H,2-5,7,9,11,13H2,1H3/b10-8+,23-20-.